The number of benzene rings is 10. The van der Waals surface area contributed by atoms with Crippen LogP contribution in [0.2, 0.25) is 0 Å². The quantitative estimate of drug-likeness (QED) is 0.142. The van der Waals surface area contributed by atoms with Crippen molar-refractivity contribution in [1.82, 2.24) is 0 Å². The molecule has 2 nitrogen and oxygen atoms in total. The van der Waals surface area contributed by atoms with E-state index in [0.29, 0.717) is 0 Å². The third-order valence-electron chi connectivity index (χ3n) is 15.3. The maximum absolute atomic E-state index is 2.48. The van der Waals surface area contributed by atoms with Crippen molar-refractivity contribution in [3.63, 3.8) is 0 Å². The van der Waals surface area contributed by atoms with Crippen LogP contribution in [0.3, 0.4) is 0 Å². The van der Waals surface area contributed by atoms with E-state index < -0.39 is 0 Å². The van der Waals surface area contributed by atoms with Gasteiger partial charge in [0.1, 0.15) is 0 Å². The van der Waals surface area contributed by atoms with E-state index in [2.05, 4.69) is 282 Å². The Morgan fingerprint density at radius 1 is 0.257 bits per heavy atom. The molecule has 0 atom stereocenters. The van der Waals surface area contributed by atoms with Gasteiger partial charge in [-0.15, -0.1) is 0 Å². The van der Waals surface area contributed by atoms with E-state index in [0.717, 1.165) is 34.1 Å². The summed E-state index contributed by atoms with van der Waals surface area (Å²) in [6.45, 7) is 14.0. The van der Waals surface area contributed by atoms with Crippen molar-refractivity contribution >= 4 is 34.1 Å². The number of fused-ring (bicyclic) bond motifs is 6. The monoisotopic (exact) mass is 900 g/mol. The molecule has 338 valence electrons. The van der Waals surface area contributed by atoms with E-state index in [4.69, 9.17) is 0 Å². The summed E-state index contributed by atoms with van der Waals surface area (Å²) in [4.78, 5) is 4.96. The van der Waals surface area contributed by atoms with Gasteiger partial charge in [-0.1, -0.05) is 198 Å². The van der Waals surface area contributed by atoms with Gasteiger partial charge in [-0.3, -0.25) is 0 Å². The van der Waals surface area contributed by atoms with Gasteiger partial charge in [0.2, 0.25) is 0 Å². The summed E-state index contributed by atoms with van der Waals surface area (Å²) in [6.07, 6.45) is 0. The Morgan fingerprint density at radius 2 is 0.600 bits per heavy atom. The van der Waals surface area contributed by atoms with Gasteiger partial charge in [0.15, 0.2) is 0 Å². The van der Waals surface area contributed by atoms with Crippen molar-refractivity contribution < 1.29 is 0 Å². The minimum Gasteiger partial charge on any atom is -0.310 e. The summed E-state index contributed by atoms with van der Waals surface area (Å²) in [5, 5.41) is 0. The predicted octanol–water partition coefficient (Wildman–Crippen LogP) is 18.9. The average molecular weight is 901 g/mol. The Bertz CT molecular complexity index is 3390. The summed E-state index contributed by atoms with van der Waals surface area (Å²) < 4.78 is 0. The lowest BCUT2D eigenvalue weighted by Gasteiger charge is -2.31. The zero-order valence-electron chi connectivity index (χ0n) is 40.8. The van der Waals surface area contributed by atoms with Gasteiger partial charge in [-0.05, 0) is 152 Å². The Labute approximate surface area is 413 Å². The van der Waals surface area contributed by atoms with Gasteiger partial charge in [0, 0.05) is 44.7 Å². The van der Waals surface area contributed by atoms with Gasteiger partial charge in [0.05, 0.1) is 11.4 Å². The lowest BCUT2D eigenvalue weighted by Crippen LogP contribution is -2.17. The van der Waals surface area contributed by atoms with Gasteiger partial charge >= 0.3 is 0 Å². The normalized spacial score (nSPS) is 13.5. The van der Waals surface area contributed by atoms with Crippen LogP contribution in [0.15, 0.2) is 231 Å². The largest absolute Gasteiger partial charge is 0.310 e. The average Bonchev–Trinajstić information content (AvgIpc) is 3.77. The van der Waals surface area contributed by atoms with Gasteiger partial charge in [0.25, 0.3) is 0 Å². The Morgan fingerprint density at radius 3 is 1.00 bits per heavy atom. The molecule has 12 rings (SSSR count). The zero-order valence-corrected chi connectivity index (χ0v) is 40.8. The second-order valence-corrected chi connectivity index (χ2v) is 20.2. The summed E-state index contributed by atoms with van der Waals surface area (Å²) >= 11 is 0. The van der Waals surface area contributed by atoms with Crippen molar-refractivity contribution in [3.8, 4) is 55.6 Å². The third kappa shape index (κ3) is 7.01. The molecule has 0 N–H and O–H groups in total. The number of hydrogen-bond acceptors (Lipinski definition) is 2. The molecule has 2 aliphatic carbocycles. The molecule has 0 saturated heterocycles. The summed E-state index contributed by atoms with van der Waals surface area (Å²) in [5.41, 5.74) is 26.9. The Kier molecular flexibility index (Phi) is 10.3. The van der Waals surface area contributed by atoms with Gasteiger partial charge < -0.3 is 9.80 Å². The van der Waals surface area contributed by atoms with Crippen LogP contribution in [0.4, 0.5) is 34.1 Å². The summed E-state index contributed by atoms with van der Waals surface area (Å²) in [6, 6.07) is 85.3. The van der Waals surface area contributed by atoms with Crippen LogP contribution in [0.25, 0.3) is 55.6 Å². The second-order valence-electron chi connectivity index (χ2n) is 20.2. The minimum atomic E-state index is -0.127. The van der Waals surface area contributed by atoms with Crippen molar-refractivity contribution in [1.29, 1.82) is 0 Å². The standard InChI is InChI=1S/C68H56N2/c1-45-41-49(33-39-63(45)69(65-31-19-15-25-53(65)47-21-9-7-10-22-47)51-35-37-57-55-27-13-17-29-59(55)67(3,4)61(57)43-51)50-34-40-64(46(2)42-50)70(66-32-20-16-26-54(66)48-23-11-8-12-24-48)52-36-38-58-56-28-14-18-30-60(56)68(5,6)62(58)44-52/h7-44H,1-6H3. The molecule has 0 radical (unpaired) electrons. The molecular formula is C68H56N2. The maximum Gasteiger partial charge on any atom is 0.0540 e. The lowest BCUT2D eigenvalue weighted by atomic mass is 9.82. The Balaban J connectivity index is 0.970. The SMILES string of the molecule is Cc1cc(-c2ccc(N(c3ccc4c(c3)C(C)(C)c3ccccc3-4)c3ccccc3-c3ccccc3)c(C)c2)ccc1N(c1ccc2c(c1)C(C)(C)c1ccccc1-2)c1ccccc1-c1ccccc1. The molecule has 2 heteroatoms. The molecule has 0 aromatic heterocycles. The first-order chi connectivity index (χ1) is 34.1. The van der Waals surface area contributed by atoms with Gasteiger partial charge in [-0.2, -0.15) is 0 Å². The molecule has 0 heterocycles. The van der Waals surface area contributed by atoms with E-state index in [9.17, 15) is 0 Å². The fourth-order valence-electron chi connectivity index (χ4n) is 11.7. The number of hydrogen-bond donors (Lipinski definition) is 0. The number of rotatable bonds is 9. The first kappa shape index (κ1) is 43.1. The number of nitrogens with zero attached hydrogens (tertiary/aromatic N) is 2. The summed E-state index contributed by atoms with van der Waals surface area (Å²) in [7, 11) is 0. The van der Waals surface area contributed by atoms with Crippen LogP contribution in [-0.2, 0) is 10.8 Å². The second kappa shape index (κ2) is 16.8. The van der Waals surface area contributed by atoms with Crippen molar-refractivity contribution in [2.24, 2.45) is 0 Å². The topological polar surface area (TPSA) is 6.48 Å². The van der Waals surface area contributed by atoms with Crippen LogP contribution in [0.5, 0.6) is 0 Å². The maximum atomic E-state index is 2.48. The van der Waals surface area contributed by atoms with E-state index in [-0.39, 0.29) is 10.8 Å². The van der Waals surface area contributed by atoms with Crippen molar-refractivity contribution in [3.05, 3.63) is 264 Å². The summed E-state index contributed by atoms with van der Waals surface area (Å²) in [5.74, 6) is 0. The fraction of sp³-hybridized carbons (Fsp3) is 0.118. The molecule has 0 fully saturated rings. The van der Waals surface area contributed by atoms with Crippen molar-refractivity contribution in [2.75, 3.05) is 9.80 Å². The third-order valence-corrected chi connectivity index (χ3v) is 15.3. The number of anilines is 6. The molecule has 0 unspecified atom stereocenters. The van der Waals surface area contributed by atoms with Gasteiger partial charge in [-0.25, -0.2) is 0 Å². The molecule has 10 aromatic carbocycles. The van der Waals surface area contributed by atoms with Crippen LogP contribution < -0.4 is 9.80 Å². The number of aryl methyl sites for hydroxylation is 2. The first-order valence-corrected chi connectivity index (χ1v) is 24.7. The minimum absolute atomic E-state index is 0.127. The highest BCUT2D eigenvalue weighted by Crippen LogP contribution is 2.54. The van der Waals surface area contributed by atoms with Crippen LogP contribution >= 0.6 is 0 Å². The molecular weight excluding hydrogens is 845 g/mol. The molecule has 0 spiro atoms. The van der Waals surface area contributed by atoms with E-state index in [1.165, 1.54) is 89.0 Å². The van der Waals surface area contributed by atoms with Crippen LogP contribution in [0.1, 0.15) is 61.1 Å². The van der Waals surface area contributed by atoms with E-state index in [1.54, 1.807) is 0 Å². The highest BCUT2D eigenvalue weighted by atomic mass is 15.2. The highest BCUT2D eigenvalue weighted by molar-refractivity contribution is 5.94. The smallest absolute Gasteiger partial charge is 0.0540 e. The van der Waals surface area contributed by atoms with Crippen LogP contribution in [-0.4, -0.2) is 0 Å². The Hall–Kier alpha value is -8.20. The molecule has 0 aliphatic heterocycles. The molecule has 0 bridgehead atoms. The molecule has 10 aromatic rings. The molecule has 0 saturated carbocycles. The molecule has 70 heavy (non-hydrogen) atoms. The van der Waals surface area contributed by atoms with Crippen molar-refractivity contribution in [2.45, 2.75) is 52.4 Å². The van der Waals surface area contributed by atoms with E-state index >= 15 is 0 Å². The van der Waals surface area contributed by atoms with Crippen LogP contribution in [0, 0.1) is 13.8 Å². The highest BCUT2D eigenvalue weighted by Gasteiger charge is 2.37. The lowest BCUT2D eigenvalue weighted by molar-refractivity contribution is 0.660. The fourth-order valence-corrected chi connectivity index (χ4v) is 11.7. The first-order valence-electron chi connectivity index (χ1n) is 24.7. The molecule has 2 aliphatic rings. The zero-order chi connectivity index (χ0) is 47.7. The van der Waals surface area contributed by atoms with E-state index in [1.807, 2.05) is 0 Å². The predicted molar refractivity (Wildman–Crippen MR) is 297 cm³/mol. The number of para-hydroxylation sites is 2. The molecule has 0 amide bonds.